The molecule has 0 fully saturated rings. The summed E-state index contributed by atoms with van der Waals surface area (Å²) in [6.07, 6.45) is 0.101. The van der Waals surface area contributed by atoms with Crippen LogP contribution in [-0.4, -0.2) is 19.0 Å². The molecule has 0 spiro atoms. The van der Waals surface area contributed by atoms with Crippen LogP contribution >= 0.6 is 0 Å². The van der Waals surface area contributed by atoms with Crippen molar-refractivity contribution in [2.75, 3.05) is 12.8 Å². The lowest BCUT2D eigenvalue weighted by molar-refractivity contribution is 0.103. The Morgan fingerprint density at radius 2 is 1.76 bits per heavy atom. The molecule has 0 aliphatic carbocycles. The standard InChI is InChI=1S/C17H19NO3/c1-11(2)21-14-7-4-12(5-8-14)17(19)15-9-6-13(18)10-16(15)20-3/h4-11H,18H2,1-3H3. The third-order valence-corrected chi connectivity index (χ3v) is 2.96. The number of nitrogens with two attached hydrogens (primary N) is 1. The van der Waals surface area contributed by atoms with Crippen molar-refractivity contribution in [2.45, 2.75) is 20.0 Å². The molecule has 2 N–H and O–H groups in total. The minimum atomic E-state index is -0.108. The summed E-state index contributed by atoms with van der Waals surface area (Å²) in [6.45, 7) is 3.91. The maximum atomic E-state index is 12.5. The molecule has 0 amide bonds. The van der Waals surface area contributed by atoms with Gasteiger partial charge in [-0.3, -0.25) is 4.79 Å². The minimum absolute atomic E-state index is 0.101. The van der Waals surface area contributed by atoms with Crippen LogP contribution in [0, 0.1) is 0 Å². The molecular formula is C17H19NO3. The largest absolute Gasteiger partial charge is 0.496 e. The summed E-state index contributed by atoms with van der Waals surface area (Å²) in [6, 6.07) is 12.1. The van der Waals surface area contributed by atoms with Gasteiger partial charge in [-0.25, -0.2) is 0 Å². The van der Waals surface area contributed by atoms with E-state index >= 15 is 0 Å². The molecule has 0 saturated carbocycles. The predicted octanol–water partition coefficient (Wildman–Crippen LogP) is 3.30. The Bertz CT molecular complexity index is 633. The third kappa shape index (κ3) is 3.54. The second-order valence-corrected chi connectivity index (χ2v) is 4.98. The van der Waals surface area contributed by atoms with Crippen molar-refractivity contribution in [3.8, 4) is 11.5 Å². The van der Waals surface area contributed by atoms with Gasteiger partial charge in [0.15, 0.2) is 5.78 Å². The van der Waals surface area contributed by atoms with Gasteiger partial charge in [-0.05, 0) is 50.2 Å². The van der Waals surface area contributed by atoms with Crippen molar-refractivity contribution in [1.29, 1.82) is 0 Å². The molecule has 2 aromatic carbocycles. The lowest BCUT2D eigenvalue weighted by Crippen LogP contribution is -2.07. The van der Waals surface area contributed by atoms with Crippen LogP contribution in [-0.2, 0) is 0 Å². The fraction of sp³-hybridized carbons (Fsp3) is 0.235. The van der Waals surface area contributed by atoms with Crippen molar-refractivity contribution < 1.29 is 14.3 Å². The number of hydrogen-bond donors (Lipinski definition) is 1. The molecule has 110 valence electrons. The van der Waals surface area contributed by atoms with Crippen LogP contribution in [0.2, 0.25) is 0 Å². The van der Waals surface area contributed by atoms with Crippen LogP contribution in [0.25, 0.3) is 0 Å². The number of rotatable bonds is 5. The molecule has 0 atom stereocenters. The van der Waals surface area contributed by atoms with Crippen LogP contribution in [0.1, 0.15) is 29.8 Å². The molecule has 0 bridgehead atoms. The van der Waals surface area contributed by atoms with Gasteiger partial charge in [-0.2, -0.15) is 0 Å². The first kappa shape index (κ1) is 14.9. The number of methoxy groups -OCH3 is 1. The van der Waals surface area contributed by atoms with Crippen LogP contribution in [0.5, 0.6) is 11.5 Å². The van der Waals surface area contributed by atoms with Crippen LogP contribution in [0.3, 0.4) is 0 Å². The van der Waals surface area contributed by atoms with Gasteiger partial charge in [-0.1, -0.05) is 0 Å². The topological polar surface area (TPSA) is 61.5 Å². The average molecular weight is 285 g/mol. The summed E-state index contributed by atoms with van der Waals surface area (Å²) >= 11 is 0. The molecule has 4 nitrogen and oxygen atoms in total. The smallest absolute Gasteiger partial charge is 0.196 e. The number of carbonyl (C=O) groups excluding carboxylic acids is 1. The number of hydrogen-bond acceptors (Lipinski definition) is 4. The van der Waals surface area contributed by atoms with Gasteiger partial charge in [0.05, 0.1) is 18.8 Å². The Morgan fingerprint density at radius 3 is 2.33 bits per heavy atom. The van der Waals surface area contributed by atoms with E-state index in [4.69, 9.17) is 15.2 Å². The SMILES string of the molecule is COc1cc(N)ccc1C(=O)c1ccc(OC(C)C)cc1. The Morgan fingerprint density at radius 1 is 1.10 bits per heavy atom. The van der Waals surface area contributed by atoms with E-state index < -0.39 is 0 Å². The number of nitrogen functional groups attached to an aromatic ring is 1. The van der Waals surface area contributed by atoms with Crippen molar-refractivity contribution in [2.24, 2.45) is 0 Å². The first-order valence-electron chi connectivity index (χ1n) is 6.76. The molecule has 0 saturated heterocycles. The molecule has 0 heterocycles. The van der Waals surface area contributed by atoms with Crippen molar-refractivity contribution in [3.05, 3.63) is 53.6 Å². The number of anilines is 1. The molecule has 2 aromatic rings. The first-order chi connectivity index (χ1) is 10.0. The highest BCUT2D eigenvalue weighted by atomic mass is 16.5. The highest BCUT2D eigenvalue weighted by Gasteiger charge is 2.14. The fourth-order valence-corrected chi connectivity index (χ4v) is 2.01. The van der Waals surface area contributed by atoms with Crippen molar-refractivity contribution in [1.82, 2.24) is 0 Å². The quantitative estimate of drug-likeness (QED) is 0.676. The van der Waals surface area contributed by atoms with Crippen LogP contribution in [0.15, 0.2) is 42.5 Å². The molecule has 0 aliphatic rings. The zero-order chi connectivity index (χ0) is 15.4. The summed E-state index contributed by atoms with van der Waals surface area (Å²) in [7, 11) is 1.52. The van der Waals surface area contributed by atoms with Gasteiger partial charge in [0.2, 0.25) is 0 Å². The van der Waals surface area contributed by atoms with Crippen LogP contribution < -0.4 is 15.2 Å². The van der Waals surface area contributed by atoms with Gasteiger partial charge < -0.3 is 15.2 Å². The number of ether oxygens (including phenoxy) is 2. The molecular weight excluding hydrogens is 266 g/mol. The lowest BCUT2D eigenvalue weighted by atomic mass is 10.0. The van der Waals surface area contributed by atoms with E-state index in [1.54, 1.807) is 42.5 Å². The highest BCUT2D eigenvalue weighted by molar-refractivity contribution is 6.11. The second kappa shape index (κ2) is 6.31. The lowest BCUT2D eigenvalue weighted by Gasteiger charge is -2.11. The predicted molar refractivity (Wildman–Crippen MR) is 83.0 cm³/mol. The summed E-state index contributed by atoms with van der Waals surface area (Å²) in [5.74, 6) is 1.11. The summed E-state index contributed by atoms with van der Waals surface area (Å²) < 4.78 is 10.8. The van der Waals surface area contributed by atoms with E-state index in [1.807, 2.05) is 13.8 Å². The molecule has 0 aliphatic heterocycles. The number of carbonyl (C=O) groups is 1. The Hall–Kier alpha value is -2.49. The molecule has 0 radical (unpaired) electrons. The van der Waals surface area contributed by atoms with E-state index in [2.05, 4.69) is 0 Å². The number of ketones is 1. The maximum Gasteiger partial charge on any atom is 0.196 e. The zero-order valence-electron chi connectivity index (χ0n) is 12.4. The van der Waals surface area contributed by atoms with Crippen molar-refractivity contribution >= 4 is 11.5 Å². The summed E-state index contributed by atoms with van der Waals surface area (Å²) in [5.41, 5.74) is 7.33. The maximum absolute atomic E-state index is 12.5. The summed E-state index contributed by atoms with van der Waals surface area (Å²) in [5, 5.41) is 0. The van der Waals surface area contributed by atoms with E-state index in [0.29, 0.717) is 22.6 Å². The average Bonchev–Trinajstić information content (AvgIpc) is 2.46. The van der Waals surface area contributed by atoms with E-state index in [9.17, 15) is 4.79 Å². The van der Waals surface area contributed by atoms with Crippen LogP contribution in [0.4, 0.5) is 5.69 Å². The summed E-state index contributed by atoms with van der Waals surface area (Å²) in [4.78, 5) is 12.5. The molecule has 0 unspecified atom stereocenters. The van der Waals surface area contributed by atoms with Gasteiger partial charge in [-0.15, -0.1) is 0 Å². The molecule has 0 aromatic heterocycles. The first-order valence-corrected chi connectivity index (χ1v) is 6.76. The molecule has 2 rings (SSSR count). The Balaban J connectivity index is 2.28. The molecule has 4 heteroatoms. The van der Waals surface area contributed by atoms with E-state index in [0.717, 1.165) is 5.75 Å². The van der Waals surface area contributed by atoms with Gasteiger partial charge in [0, 0.05) is 17.3 Å². The second-order valence-electron chi connectivity index (χ2n) is 4.98. The minimum Gasteiger partial charge on any atom is -0.496 e. The third-order valence-electron chi connectivity index (χ3n) is 2.96. The normalized spacial score (nSPS) is 10.5. The fourth-order valence-electron chi connectivity index (χ4n) is 2.01. The Kier molecular flexibility index (Phi) is 4.48. The van der Waals surface area contributed by atoms with E-state index in [-0.39, 0.29) is 11.9 Å². The highest BCUT2D eigenvalue weighted by Crippen LogP contribution is 2.25. The monoisotopic (exact) mass is 285 g/mol. The molecule has 21 heavy (non-hydrogen) atoms. The number of benzene rings is 2. The van der Waals surface area contributed by atoms with Gasteiger partial charge in [0.25, 0.3) is 0 Å². The zero-order valence-corrected chi connectivity index (χ0v) is 12.4. The van der Waals surface area contributed by atoms with Gasteiger partial charge >= 0.3 is 0 Å². The van der Waals surface area contributed by atoms with Gasteiger partial charge in [0.1, 0.15) is 11.5 Å². The Labute approximate surface area is 124 Å². The van der Waals surface area contributed by atoms with Crippen molar-refractivity contribution in [3.63, 3.8) is 0 Å². The van der Waals surface area contributed by atoms with E-state index in [1.165, 1.54) is 7.11 Å².